The van der Waals surface area contributed by atoms with Crippen molar-refractivity contribution in [3.8, 4) is 0 Å². The smallest absolute Gasteiger partial charge is 0.317 e. The quantitative estimate of drug-likeness (QED) is 0.744. The zero-order valence-electron chi connectivity index (χ0n) is 8.33. The van der Waals surface area contributed by atoms with Crippen LogP contribution in [-0.4, -0.2) is 32.5 Å². The zero-order valence-corrected chi connectivity index (χ0v) is 9.15. The SMILES string of the molecule is C[C@@H](O)C[C@@H](Sc1ccccn1)C(=O)O. The highest BCUT2D eigenvalue weighted by Crippen LogP contribution is 2.24. The summed E-state index contributed by atoms with van der Waals surface area (Å²) in [6.07, 6.45) is 1.21. The lowest BCUT2D eigenvalue weighted by molar-refractivity contribution is -0.136. The van der Waals surface area contributed by atoms with E-state index in [1.54, 1.807) is 31.3 Å². The van der Waals surface area contributed by atoms with Crippen molar-refractivity contribution in [3.63, 3.8) is 0 Å². The number of aliphatic hydroxyl groups excluding tert-OH is 1. The molecule has 0 saturated carbocycles. The van der Waals surface area contributed by atoms with Gasteiger partial charge >= 0.3 is 5.97 Å². The third-order valence-electron chi connectivity index (χ3n) is 1.73. The van der Waals surface area contributed by atoms with Gasteiger partial charge in [-0.3, -0.25) is 4.79 Å². The van der Waals surface area contributed by atoms with Gasteiger partial charge in [-0.2, -0.15) is 0 Å². The Morgan fingerprint density at radius 3 is 2.80 bits per heavy atom. The summed E-state index contributed by atoms with van der Waals surface area (Å²) in [6.45, 7) is 1.58. The number of carboxylic acids is 1. The van der Waals surface area contributed by atoms with Crippen LogP contribution < -0.4 is 0 Å². The molecule has 0 aliphatic heterocycles. The number of thioether (sulfide) groups is 1. The Hall–Kier alpha value is -1.07. The molecule has 0 aliphatic rings. The Balaban J connectivity index is 2.63. The van der Waals surface area contributed by atoms with Crippen LogP contribution in [0.3, 0.4) is 0 Å². The van der Waals surface area contributed by atoms with Crippen molar-refractivity contribution in [1.82, 2.24) is 4.98 Å². The molecule has 1 aromatic rings. The number of aliphatic carboxylic acids is 1. The largest absolute Gasteiger partial charge is 0.480 e. The summed E-state index contributed by atoms with van der Waals surface area (Å²) in [4.78, 5) is 14.9. The van der Waals surface area contributed by atoms with Crippen LogP contribution >= 0.6 is 11.8 Å². The number of aliphatic hydroxyl groups is 1. The van der Waals surface area contributed by atoms with E-state index < -0.39 is 17.3 Å². The number of pyridine rings is 1. The number of hydrogen-bond donors (Lipinski definition) is 2. The van der Waals surface area contributed by atoms with E-state index in [-0.39, 0.29) is 6.42 Å². The summed E-state index contributed by atoms with van der Waals surface area (Å²) in [7, 11) is 0. The summed E-state index contributed by atoms with van der Waals surface area (Å²) >= 11 is 1.15. The van der Waals surface area contributed by atoms with Crippen LogP contribution in [0.2, 0.25) is 0 Å². The summed E-state index contributed by atoms with van der Waals surface area (Å²) < 4.78 is 0. The van der Waals surface area contributed by atoms with Crippen LogP contribution in [0, 0.1) is 0 Å². The van der Waals surface area contributed by atoms with Crippen molar-refractivity contribution in [3.05, 3.63) is 24.4 Å². The molecule has 4 nitrogen and oxygen atoms in total. The van der Waals surface area contributed by atoms with Gasteiger partial charge in [-0.05, 0) is 25.5 Å². The summed E-state index contributed by atoms with van der Waals surface area (Å²) in [5.74, 6) is -0.924. The maximum atomic E-state index is 10.9. The third kappa shape index (κ3) is 4.31. The fraction of sp³-hybridized carbons (Fsp3) is 0.400. The predicted molar refractivity (Wildman–Crippen MR) is 57.8 cm³/mol. The molecular formula is C10H13NO3S. The highest BCUT2D eigenvalue weighted by atomic mass is 32.2. The Morgan fingerprint density at radius 1 is 1.60 bits per heavy atom. The van der Waals surface area contributed by atoms with Crippen LogP contribution in [0.15, 0.2) is 29.4 Å². The second-order valence-electron chi connectivity index (χ2n) is 3.20. The highest BCUT2D eigenvalue weighted by molar-refractivity contribution is 8.00. The normalized spacial score (nSPS) is 14.5. The van der Waals surface area contributed by atoms with Gasteiger partial charge in [0.25, 0.3) is 0 Å². The molecule has 2 atom stereocenters. The first-order valence-corrected chi connectivity index (χ1v) is 5.46. The first kappa shape index (κ1) is 12.0. The lowest BCUT2D eigenvalue weighted by Gasteiger charge is -2.12. The molecule has 1 aromatic heterocycles. The number of aromatic nitrogens is 1. The van der Waals surface area contributed by atoms with E-state index in [9.17, 15) is 4.79 Å². The minimum Gasteiger partial charge on any atom is -0.480 e. The van der Waals surface area contributed by atoms with Gasteiger partial charge in [-0.15, -0.1) is 0 Å². The van der Waals surface area contributed by atoms with Crippen molar-refractivity contribution >= 4 is 17.7 Å². The van der Waals surface area contributed by atoms with E-state index in [1.165, 1.54) is 0 Å². The topological polar surface area (TPSA) is 70.4 Å². The van der Waals surface area contributed by atoms with Gasteiger partial charge in [0.05, 0.1) is 11.1 Å². The van der Waals surface area contributed by atoms with Gasteiger partial charge in [-0.1, -0.05) is 17.8 Å². The lowest BCUT2D eigenvalue weighted by atomic mass is 10.2. The number of carbonyl (C=O) groups is 1. The molecule has 1 heterocycles. The Morgan fingerprint density at radius 2 is 2.33 bits per heavy atom. The van der Waals surface area contributed by atoms with Crippen molar-refractivity contribution in [2.45, 2.75) is 29.7 Å². The van der Waals surface area contributed by atoms with Gasteiger partial charge in [0.2, 0.25) is 0 Å². The third-order valence-corrected chi connectivity index (χ3v) is 2.89. The maximum Gasteiger partial charge on any atom is 0.317 e. The fourth-order valence-electron chi connectivity index (χ4n) is 1.07. The first-order chi connectivity index (χ1) is 7.09. The summed E-state index contributed by atoms with van der Waals surface area (Å²) in [5.41, 5.74) is 0. The monoisotopic (exact) mass is 227 g/mol. The number of nitrogens with zero attached hydrogens (tertiary/aromatic N) is 1. The van der Waals surface area contributed by atoms with E-state index >= 15 is 0 Å². The van der Waals surface area contributed by atoms with Crippen molar-refractivity contribution < 1.29 is 15.0 Å². The minimum atomic E-state index is -0.924. The fourth-order valence-corrected chi connectivity index (χ4v) is 2.12. The highest BCUT2D eigenvalue weighted by Gasteiger charge is 2.21. The molecule has 2 N–H and O–H groups in total. The predicted octanol–water partition coefficient (Wildman–Crippen LogP) is 1.40. The average molecular weight is 227 g/mol. The number of hydrogen-bond acceptors (Lipinski definition) is 4. The Kier molecular flexibility index (Phi) is 4.58. The molecule has 1 rings (SSSR count). The van der Waals surface area contributed by atoms with Gasteiger partial charge < -0.3 is 10.2 Å². The van der Waals surface area contributed by atoms with E-state index in [0.717, 1.165) is 11.8 Å². The van der Waals surface area contributed by atoms with Crippen LogP contribution in [0.5, 0.6) is 0 Å². The van der Waals surface area contributed by atoms with Crippen molar-refractivity contribution in [2.24, 2.45) is 0 Å². The van der Waals surface area contributed by atoms with Crippen LogP contribution in [-0.2, 0) is 4.79 Å². The van der Waals surface area contributed by atoms with E-state index in [4.69, 9.17) is 10.2 Å². The molecule has 0 amide bonds. The molecule has 0 spiro atoms. The van der Waals surface area contributed by atoms with E-state index in [2.05, 4.69) is 4.98 Å². The summed E-state index contributed by atoms with van der Waals surface area (Å²) in [5, 5.41) is 18.1. The van der Waals surface area contributed by atoms with Gasteiger partial charge in [-0.25, -0.2) is 4.98 Å². The van der Waals surface area contributed by atoms with Gasteiger partial charge in [0.15, 0.2) is 0 Å². The second-order valence-corrected chi connectivity index (χ2v) is 4.42. The molecule has 0 saturated heterocycles. The molecule has 0 radical (unpaired) electrons. The molecule has 0 unspecified atom stereocenters. The Bertz CT molecular complexity index is 316. The molecule has 5 heteroatoms. The van der Waals surface area contributed by atoms with E-state index in [1.807, 2.05) is 0 Å². The molecular weight excluding hydrogens is 214 g/mol. The van der Waals surface area contributed by atoms with Crippen LogP contribution in [0.1, 0.15) is 13.3 Å². The Labute approximate surface area is 92.3 Å². The molecule has 0 bridgehead atoms. The lowest BCUT2D eigenvalue weighted by Crippen LogP contribution is -2.21. The average Bonchev–Trinajstić information content (AvgIpc) is 2.17. The summed E-state index contributed by atoms with van der Waals surface area (Å²) in [6, 6.07) is 5.33. The molecule has 82 valence electrons. The molecule has 0 aromatic carbocycles. The minimum absolute atomic E-state index is 0.219. The molecule has 15 heavy (non-hydrogen) atoms. The van der Waals surface area contributed by atoms with Gasteiger partial charge in [0, 0.05) is 6.20 Å². The van der Waals surface area contributed by atoms with Gasteiger partial charge in [0.1, 0.15) is 5.25 Å². The number of rotatable bonds is 5. The molecule has 0 aliphatic carbocycles. The van der Waals surface area contributed by atoms with Crippen molar-refractivity contribution in [2.75, 3.05) is 0 Å². The second kappa shape index (κ2) is 5.72. The maximum absolute atomic E-state index is 10.9. The number of carboxylic acid groups (broad SMARTS) is 1. The standard InChI is InChI=1S/C10H13NO3S/c1-7(12)6-8(10(13)14)15-9-4-2-3-5-11-9/h2-5,7-8,12H,6H2,1H3,(H,13,14)/t7-,8-/m1/s1. The van der Waals surface area contributed by atoms with E-state index in [0.29, 0.717) is 5.03 Å². The van der Waals surface area contributed by atoms with Crippen molar-refractivity contribution in [1.29, 1.82) is 0 Å². The zero-order chi connectivity index (χ0) is 11.3. The molecule has 0 fully saturated rings. The van der Waals surface area contributed by atoms with Crippen LogP contribution in [0.4, 0.5) is 0 Å². The first-order valence-electron chi connectivity index (χ1n) is 4.58. The van der Waals surface area contributed by atoms with Crippen LogP contribution in [0.25, 0.3) is 0 Å².